The second kappa shape index (κ2) is 14.9. The molecule has 0 spiro atoms. The molecule has 5 rings (SSSR count). The average molecular weight is 804 g/mol. The van der Waals surface area contributed by atoms with Crippen LogP contribution in [0.1, 0.15) is 84.6 Å². The van der Waals surface area contributed by atoms with E-state index >= 15 is 0 Å². The van der Waals surface area contributed by atoms with Crippen molar-refractivity contribution >= 4 is 36.2 Å². The minimum absolute atomic E-state index is 0.0665. The number of aryl methyl sites for hydroxylation is 1. The molecule has 5 aromatic rings. The van der Waals surface area contributed by atoms with Crippen molar-refractivity contribution in [2.75, 3.05) is 0 Å². The predicted octanol–water partition coefficient (Wildman–Crippen LogP) is 10.8. The normalized spacial score (nSPS) is 13.3. The quantitative estimate of drug-likeness (QED) is 0.0775. The largest absolute Gasteiger partial charge is 0.744 e. The van der Waals surface area contributed by atoms with Crippen LogP contribution in [0.5, 0.6) is 5.75 Å². The molecule has 0 heterocycles. The fraction of sp³-hybridized carbons (Fsp3) is 0.302. The maximum atomic E-state index is 14.8. The van der Waals surface area contributed by atoms with Gasteiger partial charge in [-0.1, -0.05) is 116 Å². The van der Waals surface area contributed by atoms with Gasteiger partial charge >= 0.3 is 15.8 Å². The third-order valence-electron chi connectivity index (χ3n) is 9.26. The molecule has 0 saturated carbocycles. The Balaban J connectivity index is 1.80. The molecule has 0 aliphatic carbocycles. The van der Waals surface area contributed by atoms with Gasteiger partial charge in [-0.2, -0.15) is 12.7 Å². The molecular weight excluding hydrogens is 755 g/mol. The minimum Gasteiger partial charge on any atom is -0.744 e. The highest BCUT2D eigenvalue weighted by atomic mass is 32.3. The van der Waals surface area contributed by atoms with E-state index < -0.39 is 46.9 Å². The lowest BCUT2D eigenvalue weighted by atomic mass is 9.87. The molecule has 0 N–H and O–H groups in total. The van der Waals surface area contributed by atoms with E-state index in [1.165, 1.54) is 12.1 Å². The van der Waals surface area contributed by atoms with Crippen molar-refractivity contribution in [2.24, 2.45) is 0 Å². The van der Waals surface area contributed by atoms with Gasteiger partial charge in [0.05, 0.1) is 20.1 Å². The highest BCUT2D eigenvalue weighted by Gasteiger charge is 2.43. The number of nitrogens with zero attached hydrogens (tertiary/aromatic N) is 1. The maximum absolute atomic E-state index is 14.8. The highest BCUT2D eigenvalue weighted by molar-refractivity contribution is 8.29. The zero-order chi connectivity index (χ0) is 40.8. The Hall–Kier alpha value is -4.49. The Morgan fingerprint density at radius 2 is 0.855 bits per heavy atom. The zero-order valence-electron chi connectivity index (χ0n) is 32.9. The fourth-order valence-electron chi connectivity index (χ4n) is 5.86. The Bertz CT molecular complexity index is 2260. The molecule has 55 heavy (non-hydrogen) atoms. The molecule has 0 aromatic heterocycles. The third kappa shape index (κ3) is 9.15. The first-order valence-corrected chi connectivity index (χ1v) is 22.1. The monoisotopic (exact) mass is 803 g/mol. The van der Waals surface area contributed by atoms with Crippen LogP contribution in [0.25, 0.3) is 0 Å². The highest BCUT2D eigenvalue weighted by Crippen LogP contribution is 2.70. The number of rotatable bonds is 10. The van der Waals surface area contributed by atoms with Gasteiger partial charge in [-0.3, -0.25) is 0 Å². The zero-order valence-corrected chi connectivity index (χ0v) is 35.4. The molecule has 0 amide bonds. The van der Waals surface area contributed by atoms with Crippen molar-refractivity contribution in [3.05, 3.63) is 142 Å². The SMILES string of the molecule is Cc1ccc(S(=O)(=O)Oc2ccc(S(=O)(=O)[O-])cc2[N+](=O)OS(c2ccc(C(C)(C)C)cc2)(c2ccc(C(C)(C)C)cc2)c2ccc(C(C)(C)C)cc2)cc1. The summed E-state index contributed by atoms with van der Waals surface area (Å²) in [5.41, 5.74) is 2.73. The van der Waals surface area contributed by atoms with Crippen LogP contribution in [-0.4, -0.2) is 26.3 Å². The van der Waals surface area contributed by atoms with Gasteiger partial charge in [0.2, 0.25) is 5.75 Å². The van der Waals surface area contributed by atoms with Gasteiger partial charge in [0.1, 0.15) is 15.0 Å². The summed E-state index contributed by atoms with van der Waals surface area (Å²) in [5.74, 6) is -0.537. The van der Waals surface area contributed by atoms with E-state index in [-0.39, 0.29) is 26.1 Å². The Morgan fingerprint density at radius 3 is 1.20 bits per heavy atom. The first-order chi connectivity index (χ1) is 25.3. The smallest absolute Gasteiger partial charge is 0.362 e. The van der Waals surface area contributed by atoms with Gasteiger partial charge in [-0.15, -0.1) is 0 Å². The standard InChI is InChI=1S/C43H49NO8S3/c1-30-11-19-37(20-12-30)55(49,50)51-40-28-27-38(54(46,47)48)29-39(40)44(45)52-53(34-21-13-31(14-22-34)41(2,3)4,35-23-15-32(16-24-35)42(5,6)7)36-25-17-33(18-26-36)43(8,9)10/h11-29H,1-10H3. The van der Waals surface area contributed by atoms with Gasteiger partial charge in [0.15, 0.2) is 0 Å². The van der Waals surface area contributed by atoms with Crippen molar-refractivity contribution in [2.45, 2.75) is 110 Å². The van der Waals surface area contributed by atoms with E-state index in [0.717, 1.165) is 40.5 Å². The molecule has 5 aromatic carbocycles. The first-order valence-electron chi connectivity index (χ1n) is 17.8. The Labute approximate surface area is 327 Å². The minimum atomic E-state index is -5.10. The van der Waals surface area contributed by atoms with E-state index in [1.54, 1.807) is 19.1 Å². The summed E-state index contributed by atoms with van der Waals surface area (Å²) in [5, 5.41) is 0. The van der Waals surface area contributed by atoms with Crippen molar-refractivity contribution in [3.63, 3.8) is 0 Å². The van der Waals surface area contributed by atoms with Gasteiger partial charge in [0.25, 0.3) is 4.92 Å². The van der Waals surface area contributed by atoms with Gasteiger partial charge in [-0.25, -0.2) is 8.42 Å². The van der Waals surface area contributed by atoms with Crippen LogP contribution < -0.4 is 4.18 Å². The Morgan fingerprint density at radius 1 is 0.509 bits per heavy atom. The predicted molar refractivity (Wildman–Crippen MR) is 216 cm³/mol. The lowest BCUT2D eigenvalue weighted by Crippen LogP contribution is -2.17. The van der Waals surface area contributed by atoms with Crippen LogP contribution >= 0.6 is 10.3 Å². The molecule has 0 unspecified atom stereocenters. The molecule has 0 aliphatic rings. The molecule has 292 valence electrons. The first kappa shape index (κ1) is 41.7. The second-order valence-electron chi connectivity index (χ2n) is 16.6. The topological polar surface area (TPSA) is 130 Å². The lowest BCUT2D eigenvalue weighted by Gasteiger charge is -2.35. The van der Waals surface area contributed by atoms with Gasteiger partial charge in [-0.05, 0) is 101 Å². The van der Waals surface area contributed by atoms with Gasteiger partial charge < -0.3 is 8.74 Å². The fourth-order valence-corrected chi connectivity index (χ4v) is 10.2. The summed E-state index contributed by atoms with van der Waals surface area (Å²) >= 11 is 0. The Kier molecular flexibility index (Phi) is 11.3. The molecule has 0 aliphatic heterocycles. The summed E-state index contributed by atoms with van der Waals surface area (Å²) in [6, 6.07) is 31.9. The number of hydrogen-bond donors (Lipinski definition) is 0. The molecule has 0 atom stereocenters. The summed E-state index contributed by atoms with van der Waals surface area (Å²) in [6.07, 6.45) is 0. The van der Waals surface area contributed by atoms with Crippen LogP contribution in [0.2, 0.25) is 0 Å². The van der Waals surface area contributed by atoms with Crippen LogP contribution in [0.4, 0.5) is 5.69 Å². The lowest BCUT2D eigenvalue weighted by molar-refractivity contribution is -0.697. The van der Waals surface area contributed by atoms with Crippen molar-refractivity contribution in [1.82, 2.24) is 0 Å². The maximum Gasteiger partial charge on any atom is 0.362 e. The number of hydrogen-bond acceptors (Lipinski definition) is 8. The van der Waals surface area contributed by atoms with Gasteiger partial charge in [0, 0.05) is 20.8 Å². The molecular formula is C43H49NO8S3. The van der Waals surface area contributed by atoms with Crippen molar-refractivity contribution in [3.8, 4) is 5.75 Å². The number of benzene rings is 5. The second-order valence-corrected chi connectivity index (χ2v) is 22.2. The van der Waals surface area contributed by atoms with Crippen LogP contribution in [0, 0.1) is 11.8 Å². The van der Waals surface area contributed by atoms with E-state index in [2.05, 4.69) is 62.3 Å². The van der Waals surface area contributed by atoms with E-state index in [1.807, 2.05) is 72.8 Å². The summed E-state index contributed by atoms with van der Waals surface area (Å²) in [6.45, 7) is 20.6. The molecule has 12 heteroatoms. The molecule has 0 bridgehead atoms. The summed E-state index contributed by atoms with van der Waals surface area (Å²) in [4.78, 5) is 15.8. The average Bonchev–Trinajstić information content (AvgIpc) is 3.09. The molecule has 9 nitrogen and oxygen atoms in total. The molecule has 0 fully saturated rings. The molecule has 0 saturated heterocycles. The van der Waals surface area contributed by atoms with Crippen LogP contribution in [-0.2, 0) is 40.8 Å². The van der Waals surface area contributed by atoms with Crippen molar-refractivity contribution < 1.29 is 34.8 Å². The van der Waals surface area contributed by atoms with Crippen molar-refractivity contribution in [1.29, 1.82) is 0 Å². The molecule has 0 radical (unpaired) electrons. The van der Waals surface area contributed by atoms with Crippen LogP contribution in [0.3, 0.4) is 0 Å². The van der Waals surface area contributed by atoms with E-state index in [4.69, 9.17) is 8.47 Å². The summed E-state index contributed by atoms with van der Waals surface area (Å²) < 4.78 is 76.0. The van der Waals surface area contributed by atoms with Crippen LogP contribution in [0.15, 0.2) is 140 Å². The van der Waals surface area contributed by atoms with E-state index in [0.29, 0.717) is 14.7 Å². The third-order valence-corrected chi connectivity index (χ3v) is 14.5. The van der Waals surface area contributed by atoms with E-state index in [9.17, 15) is 26.3 Å². The summed E-state index contributed by atoms with van der Waals surface area (Å²) in [7, 11) is -12.7.